The summed E-state index contributed by atoms with van der Waals surface area (Å²) in [6.45, 7) is 8.11. The lowest BCUT2D eigenvalue weighted by Crippen LogP contribution is -2.54. The molecule has 2 fully saturated rings. The average molecular weight is 600 g/mol. The summed E-state index contributed by atoms with van der Waals surface area (Å²) in [5.41, 5.74) is 1.38. The summed E-state index contributed by atoms with van der Waals surface area (Å²) in [5, 5.41) is 17.9. The number of benzene rings is 2. The Morgan fingerprint density at radius 1 is 1.12 bits per heavy atom. The minimum atomic E-state index is -1.05. The second-order valence-electron chi connectivity index (χ2n) is 12.6. The van der Waals surface area contributed by atoms with Crippen molar-refractivity contribution in [2.45, 2.75) is 90.2 Å². The predicted molar refractivity (Wildman–Crippen MR) is 162 cm³/mol. The van der Waals surface area contributed by atoms with Crippen LogP contribution in [-0.4, -0.2) is 65.7 Å². The monoisotopic (exact) mass is 599 g/mol. The number of carbonyl (C=O) groups excluding carboxylic acids is 2. The van der Waals surface area contributed by atoms with Gasteiger partial charge in [0.05, 0.1) is 36.7 Å². The zero-order valence-electron chi connectivity index (χ0n) is 25.6. The van der Waals surface area contributed by atoms with Gasteiger partial charge in [-0.2, -0.15) is 0 Å². The van der Waals surface area contributed by atoms with Crippen molar-refractivity contribution in [3.8, 4) is 0 Å². The zero-order chi connectivity index (χ0) is 30.9. The molecule has 2 heterocycles. The SMILES string of the molecule is CCCCCN1C[C@@H](C(=O)N[C@@H](Cc2cc(F)cc(F)c2)[C@H](O)[C@H]2C[C@@H](OCc3ccccc3)CN2)[C@H](CC(C)C)C1=O. The van der Waals surface area contributed by atoms with Gasteiger partial charge in [-0.05, 0) is 54.9 Å². The molecule has 2 saturated heterocycles. The Morgan fingerprint density at radius 2 is 1.84 bits per heavy atom. The molecule has 3 N–H and O–H groups in total. The largest absolute Gasteiger partial charge is 0.389 e. The number of halogens is 2. The van der Waals surface area contributed by atoms with E-state index in [1.54, 1.807) is 4.90 Å². The third-order valence-corrected chi connectivity index (χ3v) is 8.61. The van der Waals surface area contributed by atoms with Crippen LogP contribution in [0, 0.1) is 29.4 Å². The van der Waals surface area contributed by atoms with Crippen LogP contribution in [0.25, 0.3) is 0 Å². The van der Waals surface area contributed by atoms with E-state index in [0.717, 1.165) is 30.9 Å². The Bertz CT molecular complexity index is 1180. The molecular weight excluding hydrogens is 552 g/mol. The van der Waals surface area contributed by atoms with Gasteiger partial charge in [-0.3, -0.25) is 9.59 Å². The Labute approximate surface area is 254 Å². The minimum absolute atomic E-state index is 0.00474. The molecular formula is C34H47F2N3O4. The van der Waals surface area contributed by atoms with Crippen LogP contribution < -0.4 is 10.6 Å². The number of likely N-dealkylation sites (tertiary alicyclic amines) is 1. The van der Waals surface area contributed by atoms with E-state index in [9.17, 15) is 23.5 Å². The van der Waals surface area contributed by atoms with E-state index < -0.39 is 41.7 Å². The fraction of sp³-hybridized carbons (Fsp3) is 0.588. The van der Waals surface area contributed by atoms with Crippen LogP contribution in [0.15, 0.2) is 48.5 Å². The van der Waals surface area contributed by atoms with Crippen molar-refractivity contribution in [1.82, 2.24) is 15.5 Å². The first-order valence-electron chi connectivity index (χ1n) is 15.8. The average Bonchev–Trinajstić information content (AvgIpc) is 3.56. The van der Waals surface area contributed by atoms with E-state index in [1.807, 2.05) is 44.2 Å². The maximum Gasteiger partial charge on any atom is 0.226 e. The van der Waals surface area contributed by atoms with Crippen LogP contribution in [0.3, 0.4) is 0 Å². The van der Waals surface area contributed by atoms with Crippen LogP contribution in [-0.2, 0) is 27.4 Å². The van der Waals surface area contributed by atoms with Crippen molar-refractivity contribution in [3.05, 3.63) is 71.3 Å². The van der Waals surface area contributed by atoms with Gasteiger partial charge in [-0.15, -0.1) is 0 Å². The van der Waals surface area contributed by atoms with E-state index in [0.29, 0.717) is 44.6 Å². The zero-order valence-corrected chi connectivity index (χ0v) is 25.6. The fourth-order valence-corrected chi connectivity index (χ4v) is 6.37. The first-order chi connectivity index (χ1) is 20.6. The van der Waals surface area contributed by atoms with Gasteiger partial charge in [-0.25, -0.2) is 8.78 Å². The number of rotatable bonds is 15. The number of aliphatic hydroxyl groups is 1. The number of nitrogens with zero attached hydrogens (tertiary/aromatic N) is 1. The molecule has 2 aliphatic rings. The summed E-state index contributed by atoms with van der Waals surface area (Å²) in [6, 6.07) is 11.8. The second kappa shape index (κ2) is 15.7. The molecule has 2 aliphatic heterocycles. The van der Waals surface area contributed by atoms with E-state index >= 15 is 0 Å². The number of hydrogen-bond donors (Lipinski definition) is 3. The number of amides is 2. The predicted octanol–water partition coefficient (Wildman–Crippen LogP) is 4.61. The highest BCUT2D eigenvalue weighted by Gasteiger charge is 2.45. The molecule has 0 bridgehead atoms. The van der Waals surface area contributed by atoms with Crippen molar-refractivity contribution in [3.63, 3.8) is 0 Å². The third-order valence-electron chi connectivity index (χ3n) is 8.61. The molecule has 0 unspecified atom stereocenters. The number of unbranched alkanes of at least 4 members (excludes halogenated alkanes) is 2. The Morgan fingerprint density at radius 3 is 2.51 bits per heavy atom. The first-order valence-corrected chi connectivity index (χ1v) is 15.8. The van der Waals surface area contributed by atoms with Gasteiger partial charge in [-0.1, -0.05) is 63.9 Å². The minimum Gasteiger partial charge on any atom is -0.389 e. The van der Waals surface area contributed by atoms with Crippen LogP contribution in [0.1, 0.15) is 64.0 Å². The van der Waals surface area contributed by atoms with E-state index in [4.69, 9.17) is 4.74 Å². The number of aliphatic hydroxyl groups excluding tert-OH is 1. The van der Waals surface area contributed by atoms with Gasteiger partial charge in [0.1, 0.15) is 11.6 Å². The number of carbonyl (C=O) groups is 2. The number of nitrogens with one attached hydrogen (secondary N) is 2. The quantitative estimate of drug-likeness (QED) is 0.260. The molecule has 2 amide bonds. The molecule has 2 aromatic carbocycles. The molecule has 236 valence electrons. The molecule has 7 nitrogen and oxygen atoms in total. The molecule has 2 aromatic rings. The molecule has 6 atom stereocenters. The van der Waals surface area contributed by atoms with E-state index in [1.165, 1.54) is 12.1 Å². The summed E-state index contributed by atoms with van der Waals surface area (Å²) in [4.78, 5) is 29.0. The van der Waals surface area contributed by atoms with Crippen molar-refractivity contribution >= 4 is 11.8 Å². The molecule has 43 heavy (non-hydrogen) atoms. The van der Waals surface area contributed by atoms with Gasteiger partial charge in [0, 0.05) is 31.7 Å². The lowest BCUT2D eigenvalue weighted by atomic mass is 9.86. The maximum atomic E-state index is 14.1. The number of hydrogen-bond acceptors (Lipinski definition) is 5. The Balaban J connectivity index is 1.48. The summed E-state index contributed by atoms with van der Waals surface area (Å²) in [5.74, 6) is -2.52. The second-order valence-corrected chi connectivity index (χ2v) is 12.6. The summed E-state index contributed by atoms with van der Waals surface area (Å²) >= 11 is 0. The smallest absolute Gasteiger partial charge is 0.226 e. The molecule has 9 heteroatoms. The summed E-state index contributed by atoms with van der Waals surface area (Å²) in [7, 11) is 0. The van der Waals surface area contributed by atoms with Gasteiger partial charge in [0.15, 0.2) is 0 Å². The van der Waals surface area contributed by atoms with Crippen molar-refractivity contribution in [2.75, 3.05) is 19.6 Å². The fourth-order valence-electron chi connectivity index (χ4n) is 6.37. The van der Waals surface area contributed by atoms with E-state index in [2.05, 4.69) is 17.6 Å². The summed E-state index contributed by atoms with van der Waals surface area (Å²) in [6.07, 6.45) is 2.88. The third kappa shape index (κ3) is 9.30. The molecule has 0 aromatic heterocycles. The lowest BCUT2D eigenvalue weighted by molar-refractivity contribution is -0.134. The van der Waals surface area contributed by atoms with Crippen LogP contribution in [0.2, 0.25) is 0 Å². The van der Waals surface area contributed by atoms with Crippen molar-refractivity contribution in [1.29, 1.82) is 0 Å². The normalized spacial score (nSPS) is 23.6. The molecule has 0 spiro atoms. The van der Waals surface area contributed by atoms with Crippen LogP contribution in [0.5, 0.6) is 0 Å². The molecule has 4 rings (SSSR count). The van der Waals surface area contributed by atoms with Crippen LogP contribution >= 0.6 is 0 Å². The Kier molecular flexibility index (Phi) is 12.1. The Hall–Kier alpha value is -2.88. The van der Waals surface area contributed by atoms with Crippen molar-refractivity contribution in [2.24, 2.45) is 17.8 Å². The highest BCUT2D eigenvalue weighted by molar-refractivity contribution is 5.91. The van der Waals surface area contributed by atoms with Gasteiger partial charge < -0.3 is 25.4 Å². The summed E-state index contributed by atoms with van der Waals surface area (Å²) < 4.78 is 34.3. The molecule has 0 radical (unpaired) electrons. The molecule has 0 aliphatic carbocycles. The lowest BCUT2D eigenvalue weighted by Gasteiger charge is -2.30. The van der Waals surface area contributed by atoms with Gasteiger partial charge in [0.2, 0.25) is 11.8 Å². The first kappa shape index (κ1) is 33.0. The van der Waals surface area contributed by atoms with Crippen LogP contribution in [0.4, 0.5) is 8.78 Å². The topological polar surface area (TPSA) is 90.9 Å². The highest BCUT2D eigenvalue weighted by atomic mass is 19.1. The standard InChI is InChI=1S/C34H47F2N3O4/c1-4-5-9-12-39-20-29(28(34(39)42)13-22(2)3)33(41)38-31(16-24-14-25(35)17-26(36)15-24)32(40)30-18-27(19-37-30)43-21-23-10-7-6-8-11-23/h6-8,10-11,14-15,17,22,27-32,37,40H,4-5,9,12-13,16,18-21H2,1-3H3,(H,38,41)/t27-,28+,29-,30-,31+,32-/m1/s1. The van der Waals surface area contributed by atoms with Gasteiger partial charge in [0.25, 0.3) is 0 Å². The highest BCUT2D eigenvalue weighted by Crippen LogP contribution is 2.31. The van der Waals surface area contributed by atoms with Gasteiger partial charge >= 0.3 is 0 Å². The number of ether oxygens (including phenoxy) is 1. The van der Waals surface area contributed by atoms with E-state index in [-0.39, 0.29) is 30.3 Å². The van der Waals surface area contributed by atoms with Crippen molar-refractivity contribution < 1.29 is 28.2 Å². The molecule has 0 saturated carbocycles. The maximum absolute atomic E-state index is 14.1.